The summed E-state index contributed by atoms with van der Waals surface area (Å²) in [5.74, 6) is -0.413. The Bertz CT molecular complexity index is 407. The number of hydrogen-bond donors (Lipinski definition) is 3. The predicted molar refractivity (Wildman–Crippen MR) is 63.4 cm³/mol. The summed E-state index contributed by atoms with van der Waals surface area (Å²) in [4.78, 5) is 24.7. The number of carbonyl (C=O) groups is 2. The lowest BCUT2D eigenvalue weighted by molar-refractivity contribution is -0.128. The lowest BCUT2D eigenvalue weighted by Gasteiger charge is -2.14. The number of likely N-dealkylation sites (N-methyl/N-ethyl adjacent to an activating group) is 1. The third-order valence-electron chi connectivity index (χ3n) is 2.50. The molecule has 0 radical (unpaired) electrons. The van der Waals surface area contributed by atoms with E-state index in [-0.39, 0.29) is 23.8 Å². The molecule has 1 aromatic rings. The molecule has 0 spiro atoms. The van der Waals surface area contributed by atoms with Gasteiger partial charge in [-0.25, -0.2) is 0 Å². The van der Waals surface area contributed by atoms with Crippen LogP contribution < -0.4 is 11.1 Å². The fourth-order valence-corrected chi connectivity index (χ4v) is 1.29. The van der Waals surface area contributed by atoms with Crippen molar-refractivity contribution < 1.29 is 9.59 Å². The molecule has 7 heteroatoms. The first-order chi connectivity index (χ1) is 7.97. The van der Waals surface area contributed by atoms with Crippen molar-refractivity contribution in [2.75, 3.05) is 25.9 Å². The first-order valence-electron chi connectivity index (χ1n) is 5.30. The van der Waals surface area contributed by atoms with Crippen molar-refractivity contribution in [2.24, 2.45) is 0 Å². The minimum absolute atomic E-state index is 0.0484. The molecule has 17 heavy (non-hydrogen) atoms. The first kappa shape index (κ1) is 13.0. The summed E-state index contributed by atoms with van der Waals surface area (Å²) in [5, 5.41) is 8.83. The highest BCUT2D eigenvalue weighted by molar-refractivity contribution is 6.00. The molecule has 0 fully saturated rings. The Balaban J connectivity index is 2.60. The standard InChI is InChI=1S/C10H17N5O2/c1-4-15(3)7(16)5-12-10(17)8-6(2)13-14-9(8)11/h4-5H2,1-3H3,(H,12,17)(H3,11,13,14). The number of aryl methyl sites for hydroxylation is 1. The largest absolute Gasteiger partial charge is 0.382 e. The van der Waals surface area contributed by atoms with E-state index < -0.39 is 5.91 Å². The van der Waals surface area contributed by atoms with Crippen LogP contribution in [0.25, 0.3) is 0 Å². The molecule has 0 aliphatic carbocycles. The molecule has 1 rings (SSSR count). The van der Waals surface area contributed by atoms with Crippen LogP contribution in [-0.2, 0) is 4.79 Å². The number of hydrogen-bond acceptors (Lipinski definition) is 4. The predicted octanol–water partition coefficient (Wildman–Crippen LogP) is -0.492. The molecule has 0 atom stereocenters. The fraction of sp³-hybridized carbons (Fsp3) is 0.500. The van der Waals surface area contributed by atoms with Crippen molar-refractivity contribution in [3.05, 3.63) is 11.3 Å². The SMILES string of the molecule is CCN(C)C(=O)CNC(=O)c1c(N)n[nH]c1C. The van der Waals surface area contributed by atoms with E-state index in [4.69, 9.17) is 5.73 Å². The Morgan fingerprint density at radius 2 is 2.18 bits per heavy atom. The number of amides is 2. The molecule has 1 aromatic heterocycles. The summed E-state index contributed by atoms with van der Waals surface area (Å²) in [6.45, 7) is 4.10. The number of H-pyrrole nitrogens is 1. The molecule has 0 unspecified atom stereocenters. The average molecular weight is 239 g/mol. The van der Waals surface area contributed by atoms with Gasteiger partial charge in [-0.2, -0.15) is 5.10 Å². The van der Waals surface area contributed by atoms with E-state index in [1.807, 2.05) is 6.92 Å². The van der Waals surface area contributed by atoms with Gasteiger partial charge in [-0.05, 0) is 13.8 Å². The lowest BCUT2D eigenvalue weighted by Crippen LogP contribution is -2.38. The monoisotopic (exact) mass is 239 g/mol. The molecule has 4 N–H and O–H groups in total. The summed E-state index contributed by atoms with van der Waals surface area (Å²) < 4.78 is 0. The maximum atomic E-state index is 11.7. The van der Waals surface area contributed by atoms with Crippen LogP contribution in [0.5, 0.6) is 0 Å². The van der Waals surface area contributed by atoms with E-state index in [9.17, 15) is 9.59 Å². The summed E-state index contributed by atoms with van der Waals surface area (Å²) in [6, 6.07) is 0. The molecular formula is C10H17N5O2. The molecule has 0 bridgehead atoms. The number of carbonyl (C=O) groups excluding carboxylic acids is 2. The second kappa shape index (κ2) is 5.33. The van der Waals surface area contributed by atoms with Crippen molar-refractivity contribution in [3.8, 4) is 0 Å². The molecule has 0 saturated carbocycles. The third kappa shape index (κ3) is 2.96. The molecule has 2 amide bonds. The molecule has 94 valence electrons. The number of aromatic nitrogens is 2. The van der Waals surface area contributed by atoms with Crippen LogP contribution in [0.15, 0.2) is 0 Å². The van der Waals surface area contributed by atoms with Crippen LogP contribution in [0.4, 0.5) is 5.82 Å². The number of rotatable bonds is 4. The zero-order chi connectivity index (χ0) is 13.0. The van der Waals surface area contributed by atoms with Gasteiger partial charge in [-0.1, -0.05) is 0 Å². The van der Waals surface area contributed by atoms with E-state index in [2.05, 4.69) is 15.5 Å². The second-order valence-electron chi connectivity index (χ2n) is 3.70. The number of nitrogen functional groups attached to an aromatic ring is 1. The molecule has 7 nitrogen and oxygen atoms in total. The van der Waals surface area contributed by atoms with E-state index in [0.717, 1.165) is 0 Å². The second-order valence-corrected chi connectivity index (χ2v) is 3.70. The smallest absolute Gasteiger partial charge is 0.257 e. The van der Waals surface area contributed by atoms with Crippen molar-refractivity contribution in [1.29, 1.82) is 0 Å². The van der Waals surface area contributed by atoms with E-state index in [0.29, 0.717) is 12.2 Å². The number of aromatic amines is 1. The number of nitrogens with zero attached hydrogens (tertiary/aromatic N) is 2. The molecule has 0 aliphatic rings. The van der Waals surface area contributed by atoms with Crippen LogP contribution in [0.2, 0.25) is 0 Å². The van der Waals surface area contributed by atoms with Crippen molar-refractivity contribution >= 4 is 17.6 Å². The Hall–Kier alpha value is -2.05. The zero-order valence-electron chi connectivity index (χ0n) is 10.2. The van der Waals surface area contributed by atoms with E-state index in [1.54, 1.807) is 14.0 Å². The van der Waals surface area contributed by atoms with Gasteiger partial charge in [0, 0.05) is 19.3 Å². The van der Waals surface area contributed by atoms with Crippen molar-refractivity contribution in [2.45, 2.75) is 13.8 Å². The van der Waals surface area contributed by atoms with Gasteiger partial charge in [0.15, 0.2) is 5.82 Å². The van der Waals surface area contributed by atoms with E-state index >= 15 is 0 Å². The van der Waals surface area contributed by atoms with Gasteiger partial charge in [-0.15, -0.1) is 0 Å². The van der Waals surface area contributed by atoms with Gasteiger partial charge in [0.1, 0.15) is 5.56 Å². The summed E-state index contributed by atoms with van der Waals surface area (Å²) in [5.41, 5.74) is 6.40. The summed E-state index contributed by atoms with van der Waals surface area (Å²) >= 11 is 0. The molecule has 0 aliphatic heterocycles. The maximum Gasteiger partial charge on any atom is 0.257 e. The highest BCUT2D eigenvalue weighted by Crippen LogP contribution is 2.11. The van der Waals surface area contributed by atoms with Gasteiger partial charge in [0.2, 0.25) is 5.91 Å². The lowest BCUT2D eigenvalue weighted by atomic mass is 10.2. The highest BCUT2D eigenvalue weighted by Gasteiger charge is 2.17. The Morgan fingerprint density at radius 3 is 2.65 bits per heavy atom. The minimum Gasteiger partial charge on any atom is -0.382 e. The summed E-state index contributed by atoms with van der Waals surface area (Å²) in [6.07, 6.45) is 0. The number of anilines is 1. The zero-order valence-corrected chi connectivity index (χ0v) is 10.2. The van der Waals surface area contributed by atoms with E-state index in [1.165, 1.54) is 4.90 Å². The Morgan fingerprint density at radius 1 is 1.53 bits per heavy atom. The Labute approximate surface area is 99.4 Å². The number of nitrogens with two attached hydrogens (primary N) is 1. The fourth-order valence-electron chi connectivity index (χ4n) is 1.29. The minimum atomic E-state index is -0.397. The van der Waals surface area contributed by atoms with Crippen molar-refractivity contribution in [3.63, 3.8) is 0 Å². The molecule has 0 aromatic carbocycles. The third-order valence-corrected chi connectivity index (χ3v) is 2.50. The van der Waals surface area contributed by atoms with Gasteiger partial charge in [0.25, 0.3) is 5.91 Å². The van der Waals surface area contributed by atoms with Gasteiger partial charge in [0.05, 0.1) is 6.54 Å². The highest BCUT2D eigenvalue weighted by atomic mass is 16.2. The summed E-state index contributed by atoms with van der Waals surface area (Å²) in [7, 11) is 1.67. The van der Waals surface area contributed by atoms with Crippen LogP contribution >= 0.6 is 0 Å². The average Bonchev–Trinajstić information content (AvgIpc) is 2.64. The maximum absolute atomic E-state index is 11.7. The first-order valence-corrected chi connectivity index (χ1v) is 5.30. The topological polar surface area (TPSA) is 104 Å². The molecule has 0 saturated heterocycles. The van der Waals surface area contributed by atoms with Crippen LogP contribution in [0.3, 0.4) is 0 Å². The Kier molecular flexibility index (Phi) is 4.08. The normalized spacial score (nSPS) is 10.1. The van der Waals surface area contributed by atoms with Crippen LogP contribution in [-0.4, -0.2) is 47.0 Å². The van der Waals surface area contributed by atoms with Gasteiger partial charge >= 0.3 is 0 Å². The van der Waals surface area contributed by atoms with Crippen LogP contribution in [0, 0.1) is 6.92 Å². The van der Waals surface area contributed by atoms with Crippen molar-refractivity contribution in [1.82, 2.24) is 20.4 Å². The van der Waals surface area contributed by atoms with Gasteiger partial charge < -0.3 is 16.0 Å². The molecule has 1 heterocycles. The quantitative estimate of drug-likeness (QED) is 0.659. The van der Waals surface area contributed by atoms with Crippen LogP contribution in [0.1, 0.15) is 23.0 Å². The van der Waals surface area contributed by atoms with Gasteiger partial charge in [-0.3, -0.25) is 14.7 Å². The molecular weight excluding hydrogens is 222 g/mol. The number of nitrogens with one attached hydrogen (secondary N) is 2.